The predicted octanol–water partition coefficient (Wildman–Crippen LogP) is 0.531. The summed E-state index contributed by atoms with van der Waals surface area (Å²) in [6, 6.07) is 0.574. The molecular weight excluding hydrogens is 178 g/mol. The summed E-state index contributed by atoms with van der Waals surface area (Å²) in [5.41, 5.74) is 0. The molecule has 0 aliphatic heterocycles. The zero-order valence-corrected chi connectivity index (χ0v) is 9.19. The van der Waals surface area contributed by atoms with Crippen LogP contribution in [0.1, 0.15) is 32.5 Å². The van der Waals surface area contributed by atoms with E-state index in [2.05, 4.69) is 34.6 Å². The Hall–Kier alpha value is -0.970. The highest BCUT2D eigenvalue weighted by atomic mass is 15.6. The lowest BCUT2D eigenvalue weighted by molar-refractivity contribution is 0.554. The summed E-state index contributed by atoms with van der Waals surface area (Å²) in [5.74, 6) is 0.844. The van der Waals surface area contributed by atoms with Crippen molar-refractivity contribution in [3.05, 3.63) is 5.82 Å². The topological polar surface area (TPSA) is 55.6 Å². The first-order chi connectivity index (χ1) is 6.68. The van der Waals surface area contributed by atoms with Gasteiger partial charge >= 0.3 is 0 Å². The van der Waals surface area contributed by atoms with Gasteiger partial charge < -0.3 is 5.32 Å². The van der Waals surface area contributed by atoms with E-state index in [1.54, 1.807) is 7.05 Å². The average Bonchev–Trinajstić information content (AvgIpc) is 2.50. The number of hydrogen-bond donors (Lipinski definition) is 1. The molecule has 0 fully saturated rings. The third-order valence-electron chi connectivity index (χ3n) is 1.93. The molecule has 0 bridgehead atoms. The molecule has 0 saturated carbocycles. The number of hydrogen-bond acceptors (Lipinski definition) is 4. The maximum atomic E-state index is 4.12. The quantitative estimate of drug-likeness (QED) is 0.676. The lowest BCUT2D eigenvalue weighted by Gasteiger charge is -2.06. The number of aryl methyl sites for hydroxylation is 2. The Labute approximate surface area is 84.9 Å². The number of unbranched alkanes of at least 4 members (excludes halogenated alkanes) is 1. The minimum Gasteiger partial charge on any atom is -0.315 e. The van der Waals surface area contributed by atoms with Crippen molar-refractivity contribution in [1.82, 2.24) is 25.5 Å². The van der Waals surface area contributed by atoms with Gasteiger partial charge in [0.25, 0.3) is 0 Å². The van der Waals surface area contributed by atoms with Gasteiger partial charge in [0, 0.05) is 12.5 Å². The van der Waals surface area contributed by atoms with Gasteiger partial charge in [0.2, 0.25) is 0 Å². The molecule has 0 unspecified atom stereocenters. The van der Waals surface area contributed by atoms with Crippen LogP contribution < -0.4 is 5.32 Å². The van der Waals surface area contributed by atoms with Gasteiger partial charge in [0.1, 0.15) is 0 Å². The first-order valence-corrected chi connectivity index (χ1v) is 5.14. The van der Waals surface area contributed by atoms with Crippen molar-refractivity contribution in [3.8, 4) is 0 Å². The molecule has 5 heteroatoms. The van der Waals surface area contributed by atoms with Crippen molar-refractivity contribution < 1.29 is 0 Å². The predicted molar refractivity (Wildman–Crippen MR) is 54.9 cm³/mol. The molecule has 0 spiro atoms. The fourth-order valence-corrected chi connectivity index (χ4v) is 1.22. The normalized spacial score (nSPS) is 11.1. The Bertz CT molecular complexity index is 255. The van der Waals surface area contributed by atoms with Crippen LogP contribution in [0.5, 0.6) is 0 Å². The van der Waals surface area contributed by atoms with Gasteiger partial charge in [-0.05, 0) is 24.6 Å². The number of nitrogens with one attached hydrogen (secondary N) is 1. The summed E-state index contributed by atoms with van der Waals surface area (Å²) in [6.45, 7) is 5.38. The van der Waals surface area contributed by atoms with E-state index in [0.29, 0.717) is 6.04 Å². The van der Waals surface area contributed by atoms with Gasteiger partial charge in [-0.2, -0.15) is 4.80 Å². The zero-order chi connectivity index (χ0) is 10.4. The van der Waals surface area contributed by atoms with Gasteiger partial charge in [-0.25, -0.2) is 0 Å². The first kappa shape index (κ1) is 11.1. The number of rotatable bonds is 6. The Balaban J connectivity index is 2.04. The van der Waals surface area contributed by atoms with Crippen molar-refractivity contribution >= 4 is 0 Å². The van der Waals surface area contributed by atoms with Gasteiger partial charge in [-0.3, -0.25) is 0 Å². The molecule has 1 rings (SSSR count). The molecule has 80 valence electrons. The van der Waals surface area contributed by atoms with E-state index < -0.39 is 0 Å². The van der Waals surface area contributed by atoms with Crippen LogP contribution in [0.2, 0.25) is 0 Å². The highest BCUT2D eigenvalue weighted by Gasteiger charge is 1.99. The minimum absolute atomic E-state index is 0.574. The fourth-order valence-electron chi connectivity index (χ4n) is 1.22. The second-order valence-corrected chi connectivity index (χ2v) is 3.76. The zero-order valence-electron chi connectivity index (χ0n) is 9.19. The van der Waals surface area contributed by atoms with Crippen molar-refractivity contribution in [1.29, 1.82) is 0 Å². The molecule has 0 aliphatic carbocycles. The third kappa shape index (κ3) is 4.32. The molecule has 0 radical (unpaired) electrons. The Kier molecular flexibility index (Phi) is 4.52. The van der Waals surface area contributed by atoms with Crippen LogP contribution in [0, 0.1) is 0 Å². The maximum absolute atomic E-state index is 4.12. The number of aromatic nitrogens is 4. The summed E-state index contributed by atoms with van der Waals surface area (Å²) in [7, 11) is 1.79. The molecule has 1 aromatic rings. The molecule has 0 saturated heterocycles. The van der Waals surface area contributed by atoms with E-state index in [1.807, 2.05) is 0 Å². The van der Waals surface area contributed by atoms with Crippen LogP contribution in [-0.4, -0.2) is 32.8 Å². The summed E-state index contributed by atoms with van der Waals surface area (Å²) in [5, 5.41) is 15.2. The van der Waals surface area contributed by atoms with Crippen molar-refractivity contribution in [2.24, 2.45) is 7.05 Å². The van der Waals surface area contributed by atoms with Crippen LogP contribution in [0.3, 0.4) is 0 Å². The molecule has 0 aromatic carbocycles. The van der Waals surface area contributed by atoms with Crippen molar-refractivity contribution in [2.45, 2.75) is 39.2 Å². The molecular formula is C9H19N5. The summed E-state index contributed by atoms with van der Waals surface area (Å²) >= 11 is 0. The molecule has 0 aliphatic rings. The van der Waals surface area contributed by atoms with E-state index >= 15 is 0 Å². The highest BCUT2D eigenvalue weighted by Crippen LogP contribution is 1.96. The monoisotopic (exact) mass is 197 g/mol. The van der Waals surface area contributed by atoms with Crippen LogP contribution in [0.4, 0.5) is 0 Å². The molecule has 1 N–H and O–H groups in total. The van der Waals surface area contributed by atoms with Gasteiger partial charge in [-0.15, -0.1) is 10.2 Å². The van der Waals surface area contributed by atoms with E-state index in [1.165, 1.54) is 4.80 Å². The Morgan fingerprint density at radius 2 is 2.14 bits per heavy atom. The van der Waals surface area contributed by atoms with Gasteiger partial charge in [0.05, 0.1) is 7.05 Å². The van der Waals surface area contributed by atoms with E-state index in [0.717, 1.165) is 31.6 Å². The van der Waals surface area contributed by atoms with E-state index in [4.69, 9.17) is 0 Å². The van der Waals surface area contributed by atoms with Gasteiger partial charge in [-0.1, -0.05) is 13.8 Å². The minimum atomic E-state index is 0.574. The molecule has 0 atom stereocenters. The smallest absolute Gasteiger partial charge is 0.174 e. The lowest BCUT2D eigenvalue weighted by Crippen LogP contribution is -2.23. The third-order valence-corrected chi connectivity index (χ3v) is 1.93. The van der Waals surface area contributed by atoms with Crippen molar-refractivity contribution in [2.75, 3.05) is 6.54 Å². The maximum Gasteiger partial charge on any atom is 0.174 e. The van der Waals surface area contributed by atoms with E-state index in [9.17, 15) is 0 Å². The summed E-state index contributed by atoms with van der Waals surface area (Å²) in [4.78, 5) is 1.50. The standard InChI is InChI=1S/C9H19N5/c1-8(2)10-7-5-4-6-9-11-13-14(3)12-9/h8,10H,4-7H2,1-3H3. The highest BCUT2D eigenvalue weighted by molar-refractivity contribution is 4.76. The molecule has 1 aromatic heterocycles. The van der Waals surface area contributed by atoms with Crippen molar-refractivity contribution in [3.63, 3.8) is 0 Å². The summed E-state index contributed by atoms with van der Waals surface area (Å²) in [6.07, 6.45) is 3.20. The summed E-state index contributed by atoms with van der Waals surface area (Å²) < 4.78 is 0. The molecule has 1 heterocycles. The Morgan fingerprint density at radius 3 is 2.71 bits per heavy atom. The molecule has 5 nitrogen and oxygen atoms in total. The Morgan fingerprint density at radius 1 is 1.36 bits per heavy atom. The SMILES string of the molecule is CC(C)NCCCCc1nnn(C)n1. The van der Waals surface area contributed by atoms with Gasteiger partial charge in [0.15, 0.2) is 5.82 Å². The first-order valence-electron chi connectivity index (χ1n) is 5.14. The van der Waals surface area contributed by atoms with Crippen LogP contribution in [0.25, 0.3) is 0 Å². The lowest BCUT2D eigenvalue weighted by atomic mass is 10.2. The van der Waals surface area contributed by atoms with Crippen LogP contribution in [0.15, 0.2) is 0 Å². The second-order valence-electron chi connectivity index (χ2n) is 3.76. The molecule has 0 amide bonds. The molecule has 14 heavy (non-hydrogen) atoms. The number of nitrogens with zero attached hydrogens (tertiary/aromatic N) is 4. The van der Waals surface area contributed by atoms with Crippen LogP contribution >= 0.6 is 0 Å². The van der Waals surface area contributed by atoms with Crippen LogP contribution in [-0.2, 0) is 13.5 Å². The largest absolute Gasteiger partial charge is 0.315 e. The van der Waals surface area contributed by atoms with E-state index in [-0.39, 0.29) is 0 Å². The number of tetrazole rings is 1. The average molecular weight is 197 g/mol. The second kappa shape index (κ2) is 5.70. The fraction of sp³-hybridized carbons (Fsp3) is 0.889.